The summed E-state index contributed by atoms with van der Waals surface area (Å²) in [5.41, 5.74) is 5.72. The fourth-order valence-electron chi connectivity index (χ4n) is 3.44. The number of allylic oxidation sites excluding steroid dienone is 1. The van der Waals surface area contributed by atoms with Gasteiger partial charge in [-0.05, 0) is 59.5 Å². The zero-order chi connectivity index (χ0) is 19.8. The molecule has 1 aliphatic heterocycles. The summed E-state index contributed by atoms with van der Waals surface area (Å²) in [6.07, 6.45) is 5.99. The van der Waals surface area contributed by atoms with Gasteiger partial charge in [0.25, 0.3) is 0 Å². The van der Waals surface area contributed by atoms with Crippen molar-refractivity contribution >= 4 is 17.5 Å². The monoisotopic (exact) mass is 375 g/mol. The maximum absolute atomic E-state index is 11.2. The summed E-state index contributed by atoms with van der Waals surface area (Å²) in [5, 5.41) is 6.62. The topological polar surface area (TPSA) is 63.0 Å². The molecule has 0 unspecified atom stereocenters. The van der Waals surface area contributed by atoms with Gasteiger partial charge in [-0.1, -0.05) is 42.5 Å². The Morgan fingerprint density at radius 1 is 1.18 bits per heavy atom. The zero-order valence-electron chi connectivity index (χ0n) is 16.3. The first-order valence-electron chi connectivity index (χ1n) is 9.39. The number of methoxy groups -OCH3 is 1. The number of aliphatic imine (C=N–C) groups is 1. The highest BCUT2D eigenvalue weighted by Gasteiger charge is 2.19. The van der Waals surface area contributed by atoms with E-state index in [4.69, 9.17) is 4.74 Å². The lowest BCUT2D eigenvalue weighted by Crippen LogP contribution is -2.28. The second-order valence-electron chi connectivity index (χ2n) is 6.57. The van der Waals surface area contributed by atoms with Crippen LogP contribution in [0.3, 0.4) is 0 Å². The fraction of sp³-hybridized carbons (Fsp3) is 0.261. The number of hydrogen-bond donors (Lipinski definition) is 1. The molecule has 144 valence electrons. The molecule has 0 amide bonds. The molecule has 5 nitrogen and oxygen atoms in total. The minimum absolute atomic E-state index is 0.433. The Morgan fingerprint density at radius 2 is 1.96 bits per heavy atom. The van der Waals surface area contributed by atoms with E-state index < -0.39 is 0 Å². The van der Waals surface area contributed by atoms with Gasteiger partial charge in [0.05, 0.1) is 12.8 Å². The van der Waals surface area contributed by atoms with Crippen LogP contribution in [-0.2, 0) is 0 Å². The predicted octanol–water partition coefficient (Wildman–Crippen LogP) is 4.91. The quantitative estimate of drug-likeness (QED) is 0.553. The largest absolute Gasteiger partial charge is 0.497 e. The summed E-state index contributed by atoms with van der Waals surface area (Å²) in [6, 6.07) is 15.4. The van der Waals surface area contributed by atoms with Crippen molar-refractivity contribution in [2.45, 2.75) is 12.8 Å². The molecular weight excluding hydrogens is 350 g/mol. The molecule has 0 atom stereocenters. The normalized spacial score (nSPS) is 15.1. The maximum atomic E-state index is 11.2. The molecule has 0 bridgehead atoms. The van der Waals surface area contributed by atoms with Crippen molar-refractivity contribution in [3.8, 4) is 5.75 Å². The van der Waals surface area contributed by atoms with Crippen LogP contribution in [-0.4, -0.2) is 33.0 Å². The average molecular weight is 375 g/mol. The van der Waals surface area contributed by atoms with Crippen LogP contribution in [0.4, 0.5) is 5.69 Å². The van der Waals surface area contributed by atoms with Crippen LogP contribution in [0, 0.1) is 4.91 Å². The van der Waals surface area contributed by atoms with E-state index in [9.17, 15) is 4.91 Å². The van der Waals surface area contributed by atoms with Crippen LogP contribution in [0.15, 0.2) is 75.9 Å². The van der Waals surface area contributed by atoms with Crippen molar-refractivity contribution in [3.05, 3.63) is 81.8 Å². The molecule has 0 saturated heterocycles. The first-order chi connectivity index (χ1) is 13.8. The molecule has 1 N–H and O–H groups in total. The summed E-state index contributed by atoms with van der Waals surface area (Å²) < 4.78 is 5.20. The maximum Gasteiger partial charge on any atom is 0.118 e. The lowest BCUT2D eigenvalue weighted by atomic mass is 9.90. The molecule has 0 fully saturated rings. The molecule has 5 heteroatoms. The van der Waals surface area contributed by atoms with Crippen LogP contribution in [0.1, 0.15) is 24.0 Å². The molecule has 1 heterocycles. The van der Waals surface area contributed by atoms with Crippen molar-refractivity contribution in [1.82, 2.24) is 5.32 Å². The minimum atomic E-state index is 0.433. The molecule has 2 aromatic carbocycles. The Hall–Kier alpha value is -3.05. The molecule has 1 aliphatic rings. The molecule has 0 saturated carbocycles. The number of benzene rings is 2. The Balaban J connectivity index is 1.86. The molecule has 0 aliphatic carbocycles. The Kier molecular flexibility index (Phi) is 6.87. The van der Waals surface area contributed by atoms with Gasteiger partial charge < -0.3 is 10.1 Å². The Labute approximate surface area is 165 Å². The van der Waals surface area contributed by atoms with Crippen molar-refractivity contribution in [2.75, 3.05) is 27.2 Å². The Morgan fingerprint density at radius 3 is 2.68 bits per heavy atom. The van der Waals surface area contributed by atoms with Gasteiger partial charge in [0.2, 0.25) is 0 Å². The van der Waals surface area contributed by atoms with Gasteiger partial charge in [-0.15, -0.1) is 4.91 Å². The number of hydrogen-bond acceptors (Lipinski definition) is 5. The van der Waals surface area contributed by atoms with Gasteiger partial charge in [-0.2, -0.15) is 0 Å². The molecule has 2 aromatic rings. The lowest BCUT2D eigenvalue weighted by molar-refractivity contribution is 0.415. The molecular formula is C23H25N3O2. The summed E-state index contributed by atoms with van der Waals surface area (Å²) >= 11 is 0. The van der Waals surface area contributed by atoms with Crippen LogP contribution in [0.25, 0.3) is 6.08 Å². The van der Waals surface area contributed by atoms with E-state index in [2.05, 4.69) is 27.6 Å². The summed E-state index contributed by atoms with van der Waals surface area (Å²) in [6.45, 7) is 1.72. The van der Waals surface area contributed by atoms with Crippen LogP contribution in [0.2, 0.25) is 0 Å². The first kappa shape index (κ1) is 19.7. The third-order valence-corrected chi connectivity index (χ3v) is 4.87. The van der Waals surface area contributed by atoms with Gasteiger partial charge in [0, 0.05) is 19.2 Å². The van der Waals surface area contributed by atoms with E-state index in [1.165, 1.54) is 11.1 Å². The van der Waals surface area contributed by atoms with Crippen LogP contribution in [0.5, 0.6) is 5.75 Å². The Bertz CT molecular complexity index is 912. The van der Waals surface area contributed by atoms with E-state index in [0.29, 0.717) is 5.69 Å². The molecule has 28 heavy (non-hydrogen) atoms. The lowest BCUT2D eigenvalue weighted by Gasteiger charge is -2.22. The molecule has 0 aromatic heterocycles. The second kappa shape index (κ2) is 9.76. The average Bonchev–Trinajstić information content (AvgIpc) is 2.76. The number of ether oxygens (including phenoxy) is 1. The van der Waals surface area contributed by atoms with Crippen LogP contribution >= 0.6 is 0 Å². The van der Waals surface area contributed by atoms with Gasteiger partial charge in [0.15, 0.2) is 0 Å². The smallest absolute Gasteiger partial charge is 0.118 e. The standard InChI is InChI=1S/C23H25N3O2/c1-24-23(21-8-3-4-9-22(21)26-27)20-14-15-25-16-18(20)7-5-6-17-10-12-19(28-2)13-11-17/h3-6,8-13,25H,7,14-16H2,1-2H3/b6-5+,24-23+. The zero-order valence-corrected chi connectivity index (χ0v) is 16.3. The van der Waals surface area contributed by atoms with Crippen molar-refractivity contribution in [1.29, 1.82) is 0 Å². The second-order valence-corrected chi connectivity index (χ2v) is 6.57. The highest BCUT2D eigenvalue weighted by molar-refractivity contribution is 6.15. The van der Waals surface area contributed by atoms with Gasteiger partial charge in [-0.3, -0.25) is 4.99 Å². The van der Waals surface area contributed by atoms with Crippen molar-refractivity contribution in [2.24, 2.45) is 10.2 Å². The third kappa shape index (κ3) is 4.61. The number of rotatable bonds is 7. The van der Waals surface area contributed by atoms with Gasteiger partial charge in [-0.25, -0.2) is 0 Å². The number of nitroso groups, excluding NO2 is 1. The minimum Gasteiger partial charge on any atom is -0.497 e. The van der Waals surface area contributed by atoms with Crippen molar-refractivity contribution < 1.29 is 4.74 Å². The summed E-state index contributed by atoms with van der Waals surface area (Å²) in [5.74, 6) is 0.852. The highest BCUT2D eigenvalue weighted by atomic mass is 16.5. The fourth-order valence-corrected chi connectivity index (χ4v) is 3.44. The third-order valence-electron chi connectivity index (χ3n) is 4.87. The number of nitrogens with one attached hydrogen (secondary N) is 1. The van der Waals surface area contributed by atoms with Gasteiger partial charge >= 0.3 is 0 Å². The first-order valence-corrected chi connectivity index (χ1v) is 9.39. The van der Waals surface area contributed by atoms with E-state index in [-0.39, 0.29) is 0 Å². The number of nitrogens with zero attached hydrogens (tertiary/aromatic N) is 2. The highest BCUT2D eigenvalue weighted by Crippen LogP contribution is 2.27. The molecule has 3 rings (SSSR count). The van der Waals surface area contributed by atoms with E-state index in [1.807, 2.05) is 42.5 Å². The van der Waals surface area contributed by atoms with E-state index >= 15 is 0 Å². The van der Waals surface area contributed by atoms with E-state index in [1.54, 1.807) is 20.2 Å². The molecule has 0 spiro atoms. The molecule has 0 radical (unpaired) electrons. The van der Waals surface area contributed by atoms with Gasteiger partial charge in [0.1, 0.15) is 11.4 Å². The summed E-state index contributed by atoms with van der Waals surface area (Å²) in [4.78, 5) is 15.8. The summed E-state index contributed by atoms with van der Waals surface area (Å²) in [7, 11) is 3.44. The predicted molar refractivity (Wildman–Crippen MR) is 116 cm³/mol. The van der Waals surface area contributed by atoms with Crippen molar-refractivity contribution in [3.63, 3.8) is 0 Å². The van der Waals surface area contributed by atoms with E-state index in [0.717, 1.165) is 48.5 Å². The SMILES string of the molecule is C/N=C(\C1=C(C/C=C/c2ccc(OC)cc2)CNCC1)c1ccccc1N=O. The van der Waals surface area contributed by atoms with Crippen LogP contribution < -0.4 is 10.1 Å².